The number of ether oxygens (including phenoxy) is 1. The molecule has 0 aromatic heterocycles. The van der Waals surface area contributed by atoms with E-state index in [1.807, 2.05) is 0 Å². The molecule has 1 fully saturated rings. The van der Waals surface area contributed by atoms with E-state index in [0.717, 1.165) is 0 Å². The molecule has 0 bridgehead atoms. The van der Waals surface area contributed by atoms with E-state index in [2.05, 4.69) is 10.1 Å². The van der Waals surface area contributed by atoms with Crippen molar-refractivity contribution in [3.8, 4) is 0 Å². The second-order valence-electron chi connectivity index (χ2n) is 3.04. The first-order valence-corrected chi connectivity index (χ1v) is 4.04. The SMILES string of the molecule is Cl.O=C(O)CC1CNCC(C(F)(F)F)O1. The molecule has 2 N–H and O–H groups in total. The average Bonchev–Trinajstić information content (AvgIpc) is 2.01. The predicted octanol–water partition coefficient (Wildman–Crippen LogP) is 0.802. The van der Waals surface area contributed by atoms with Gasteiger partial charge in [-0.05, 0) is 0 Å². The van der Waals surface area contributed by atoms with E-state index in [0.29, 0.717) is 0 Å². The van der Waals surface area contributed by atoms with E-state index in [9.17, 15) is 18.0 Å². The maximum atomic E-state index is 12.1. The lowest BCUT2D eigenvalue weighted by Gasteiger charge is -2.31. The van der Waals surface area contributed by atoms with Crippen LogP contribution in [0.15, 0.2) is 0 Å². The topological polar surface area (TPSA) is 58.6 Å². The number of aliphatic carboxylic acids is 1. The summed E-state index contributed by atoms with van der Waals surface area (Å²) in [4.78, 5) is 10.2. The zero-order valence-corrected chi connectivity index (χ0v) is 8.40. The smallest absolute Gasteiger partial charge is 0.415 e. The molecule has 1 saturated heterocycles. The molecule has 0 aromatic carbocycles. The van der Waals surface area contributed by atoms with Crippen LogP contribution in [0.2, 0.25) is 0 Å². The second kappa shape index (κ2) is 5.53. The van der Waals surface area contributed by atoms with Crippen LogP contribution in [-0.4, -0.2) is 42.5 Å². The van der Waals surface area contributed by atoms with Crippen molar-refractivity contribution in [1.29, 1.82) is 0 Å². The number of morpholine rings is 1. The number of nitrogens with one attached hydrogen (secondary N) is 1. The highest BCUT2D eigenvalue weighted by molar-refractivity contribution is 5.85. The number of hydrogen-bond donors (Lipinski definition) is 2. The normalized spacial score (nSPS) is 26.9. The van der Waals surface area contributed by atoms with Gasteiger partial charge in [-0.2, -0.15) is 13.2 Å². The van der Waals surface area contributed by atoms with Gasteiger partial charge >= 0.3 is 12.1 Å². The van der Waals surface area contributed by atoms with Crippen molar-refractivity contribution in [1.82, 2.24) is 5.32 Å². The van der Waals surface area contributed by atoms with Gasteiger partial charge in [0.2, 0.25) is 0 Å². The Morgan fingerprint density at radius 1 is 1.47 bits per heavy atom. The van der Waals surface area contributed by atoms with Crippen molar-refractivity contribution in [2.45, 2.75) is 24.8 Å². The molecule has 8 heteroatoms. The van der Waals surface area contributed by atoms with Gasteiger partial charge in [-0.25, -0.2) is 0 Å². The van der Waals surface area contributed by atoms with Gasteiger partial charge in [-0.1, -0.05) is 0 Å². The van der Waals surface area contributed by atoms with E-state index in [4.69, 9.17) is 5.11 Å². The van der Waals surface area contributed by atoms with Crippen LogP contribution >= 0.6 is 12.4 Å². The van der Waals surface area contributed by atoms with E-state index in [1.54, 1.807) is 0 Å². The molecule has 0 spiro atoms. The molecule has 0 aromatic rings. The first-order chi connectivity index (χ1) is 6.39. The summed E-state index contributed by atoms with van der Waals surface area (Å²) in [5, 5.41) is 10.9. The van der Waals surface area contributed by atoms with Crippen LogP contribution in [0.1, 0.15) is 6.42 Å². The van der Waals surface area contributed by atoms with E-state index in [1.165, 1.54) is 0 Å². The number of carbonyl (C=O) groups is 1. The van der Waals surface area contributed by atoms with Crippen molar-refractivity contribution in [3.05, 3.63) is 0 Å². The summed E-state index contributed by atoms with van der Waals surface area (Å²) >= 11 is 0. The monoisotopic (exact) mass is 249 g/mol. The molecule has 0 aliphatic carbocycles. The molecule has 15 heavy (non-hydrogen) atoms. The van der Waals surface area contributed by atoms with Gasteiger partial charge in [-0.3, -0.25) is 4.79 Å². The Hall–Kier alpha value is -0.530. The predicted molar refractivity (Wildman–Crippen MR) is 47.1 cm³/mol. The van der Waals surface area contributed by atoms with Gasteiger partial charge in [-0.15, -0.1) is 12.4 Å². The van der Waals surface area contributed by atoms with E-state index < -0.39 is 30.8 Å². The van der Waals surface area contributed by atoms with Gasteiger partial charge < -0.3 is 15.2 Å². The zero-order valence-electron chi connectivity index (χ0n) is 7.58. The molecule has 90 valence electrons. The Balaban J connectivity index is 0.00000196. The third-order valence-corrected chi connectivity index (χ3v) is 1.83. The zero-order chi connectivity index (χ0) is 10.8. The van der Waals surface area contributed by atoms with E-state index >= 15 is 0 Å². The molecule has 1 heterocycles. The molecule has 0 radical (unpaired) electrons. The minimum atomic E-state index is -4.44. The number of alkyl halides is 3. The van der Waals surface area contributed by atoms with Gasteiger partial charge in [0.1, 0.15) is 0 Å². The van der Waals surface area contributed by atoms with Crippen molar-refractivity contribution in [3.63, 3.8) is 0 Å². The van der Waals surface area contributed by atoms with Crippen molar-refractivity contribution in [2.24, 2.45) is 0 Å². The number of rotatable bonds is 2. The minimum Gasteiger partial charge on any atom is -0.481 e. The Morgan fingerprint density at radius 2 is 2.07 bits per heavy atom. The number of carboxylic acid groups (broad SMARTS) is 1. The molecule has 0 amide bonds. The van der Waals surface area contributed by atoms with Crippen LogP contribution in [0, 0.1) is 0 Å². The number of carboxylic acids is 1. The van der Waals surface area contributed by atoms with Crippen LogP contribution < -0.4 is 5.32 Å². The maximum Gasteiger partial charge on any atom is 0.415 e. The summed E-state index contributed by atoms with van der Waals surface area (Å²) in [5.41, 5.74) is 0. The standard InChI is InChI=1S/C7H10F3NO3.ClH/c8-7(9,10)5-3-11-2-4(14-5)1-6(12)13;/h4-5,11H,1-3H2,(H,12,13);1H. The highest BCUT2D eigenvalue weighted by atomic mass is 35.5. The Kier molecular flexibility index (Phi) is 5.33. The first-order valence-electron chi connectivity index (χ1n) is 4.04. The molecule has 2 unspecified atom stereocenters. The van der Waals surface area contributed by atoms with E-state index in [-0.39, 0.29) is 25.5 Å². The van der Waals surface area contributed by atoms with Crippen molar-refractivity contribution in [2.75, 3.05) is 13.1 Å². The highest BCUT2D eigenvalue weighted by Gasteiger charge is 2.43. The maximum absolute atomic E-state index is 12.1. The summed E-state index contributed by atoms with van der Waals surface area (Å²) in [6.45, 7) is -0.182. The van der Waals surface area contributed by atoms with Crippen LogP contribution in [0.25, 0.3) is 0 Å². The van der Waals surface area contributed by atoms with Gasteiger partial charge in [0, 0.05) is 13.1 Å². The van der Waals surface area contributed by atoms with Crippen LogP contribution in [-0.2, 0) is 9.53 Å². The lowest BCUT2D eigenvalue weighted by molar-refractivity contribution is -0.240. The average molecular weight is 250 g/mol. The lowest BCUT2D eigenvalue weighted by Crippen LogP contribution is -2.51. The fraction of sp³-hybridized carbons (Fsp3) is 0.857. The largest absolute Gasteiger partial charge is 0.481 e. The van der Waals surface area contributed by atoms with Gasteiger partial charge in [0.15, 0.2) is 6.10 Å². The van der Waals surface area contributed by atoms with Crippen LogP contribution in [0.5, 0.6) is 0 Å². The summed E-state index contributed by atoms with van der Waals surface area (Å²) in [7, 11) is 0. The molecular weight excluding hydrogens is 239 g/mol. The highest BCUT2D eigenvalue weighted by Crippen LogP contribution is 2.25. The fourth-order valence-corrected chi connectivity index (χ4v) is 1.21. The molecule has 1 aliphatic heterocycles. The number of hydrogen-bond acceptors (Lipinski definition) is 3. The second-order valence-corrected chi connectivity index (χ2v) is 3.04. The van der Waals surface area contributed by atoms with Gasteiger partial charge in [0.25, 0.3) is 0 Å². The molecular formula is C7H11ClF3NO3. The van der Waals surface area contributed by atoms with Gasteiger partial charge in [0.05, 0.1) is 12.5 Å². The molecule has 1 aliphatic rings. The Labute approximate surface area is 90.2 Å². The number of halogens is 4. The van der Waals surface area contributed by atoms with Crippen LogP contribution in [0.3, 0.4) is 0 Å². The Morgan fingerprint density at radius 3 is 2.53 bits per heavy atom. The molecule has 4 nitrogen and oxygen atoms in total. The third kappa shape index (κ3) is 4.67. The third-order valence-electron chi connectivity index (χ3n) is 1.83. The molecule has 2 atom stereocenters. The minimum absolute atomic E-state index is 0. The van der Waals surface area contributed by atoms with Crippen molar-refractivity contribution >= 4 is 18.4 Å². The summed E-state index contributed by atoms with van der Waals surface area (Å²) < 4.78 is 41.0. The summed E-state index contributed by atoms with van der Waals surface area (Å²) in [6, 6.07) is 0. The quantitative estimate of drug-likeness (QED) is 0.760. The molecule has 1 rings (SSSR count). The van der Waals surface area contributed by atoms with Crippen molar-refractivity contribution < 1.29 is 27.8 Å². The van der Waals surface area contributed by atoms with Crippen LogP contribution in [0.4, 0.5) is 13.2 Å². The first kappa shape index (κ1) is 14.5. The summed E-state index contributed by atoms with van der Waals surface area (Å²) in [5.74, 6) is -1.17. The Bertz CT molecular complexity index is 224. The fourth-order valence-electron chi connectivity index (χ4n) is 1.21. The summed E-state index contributed by atoms with van der Waals surface area (Å²) in [6.07, 6.45) is -7.67. The lowest BCUT2D eigenvalue weighted by atomic mass is 10.2. The molecule has 0 saturated carbocycles.